The number of benzene rings is 2. The lowest BCUT2D eigenvalue weighted by atomic mass is 10.1. The number of aromatic hydroxyl groups is 2. The van der Waals surface area contributed by atoms with Crippen molar-refractivity contribution in [3.8, 4) is 11.5 Å². The lowest BCUT2D eigenvalue weighted by Gasteiger charge is -2.15. The number of hydrogen-bond donors (Lipinski definition) is 3. The van der Waals surface area contributed by atoms with Crippen molar-refractivity contribution in [3.05, 3.63) is 59.7 Å². The smallest absolute Gasteiger partial charge is 0.255 e. The molecule has 4 nitrogen and oxygen atoms in total. The van der Waals surface area contributed by atoms with Crippen LogP contribution in [0.15, 0.2) is 48.5 Å². The van der Waals surface area contributed by atoms with Crippen molar-refractivity contribution in [2.24, 2.45) is 0 Å². The Kier molecular flexibility index (Phi) is 3.71. The summed E-state index contributed by atoms with van der Waals surface area (Å²) in [6.45, 7) is 1.85. The highest BCUT2D eigenvalue weighted by molar-refractivity contribution is 5.97. The van der Waals surface area contributed by atoms with E-state index in [1.54, 1.807) is 0 Å². The molecule has 0 saturated heterocycles. The van der Waals surface area contributed by atoms with Gasteiger partial charge in [-0.25, -0.2) is 0 Å². The first-order chi connectivity index (χ1) is 9.09. The summed E-state index contributed by atoms with van der Waals surface area (Å²) < 4.78 is 0. The maximum Gasteiger partial charge on any atom is 0.255 e. The van der Waals surface area contributed by atoms with E-state index >= 15 is 0 Å². The molecule has 1 unspecified atom stereocenters. The Hall–Kier alpha value is -2.49. The van der Waals surface area contributed by atoms with Crippen molar-refractivity contribution in [1.29, 1.82) is 0 Å². The summed E-state index contributed by atoms with van der Waals surface area (Å²) in [6.07, 6.45) is 0. The minimum Gasteiger partial charge on any atom is -0.504 e. The van der Waals surface area contributed by atoms with Crippen LogP contribution in [0.4, 0.5) is 0 Å². The van der Waals surface area contributed by atoms with E-state index in [1.165, 1.54) is 18.2 Å². The lowest BCUT2D eigenvalue weighted by molar-refractivity contribution is 0.0936. The minimum absolute atomic E-state index is 0.0581. The van der Waals surface area contributed by atoms with Crippen LogP contribution in [0.2, 0.25) is 0 Å². The molecule has 2 aromatic carbocycles. The molecule has 0 saturated carbocycles. The summed E-state index contributed by atoms with van der Waals surface area (Å²) in [5, 5.41) is 21.8. The number of para-hydroxylation sites is 1. The summed E-state index contributed by atoms with van der Waals surface area (Å²) in [5.74, 6) is -1.13. The number of hydrogen-bond acceptors (Lipinski definition) is 3. The lowest BCUT2D eigenvalue weighted by Crippen LogP contribution is -2.26. The summed E-state index contributed by atoms with van der Waals surface area (Å²) in [4.78, 5) is 12.0. The van der Waals surface area contributed by atoms with Crippen molar-refractivity contribution >= 4 is 5.91 Å². The van der Waals surface area contributed by atoms with Crippen molar-refractivity contribution < 1.29 is 15.0 Å². The van der Waals surface area contributed by atoms with Gasteiger partial charge in [0.25, 0.3) is 5.91 Å². The van der Waals surface area contributed by atoms with Gasteiger partial charge in [0.05, 0.1) is 11.6 Å². The molecule has 3 N–H and O–H groups in total. The van der Waals surface area contributed by atoms with Gasteiger partial charge < -0.3 is 15.5 Å². The van der Waals surface area contributed by atoms with E-state index in [4.69, 9.17) is 0 Å². The van der Waals surface area contributed by atoms with Gasteiger partial charge >= 0.3 is 0 Å². The molecule has 0 aliphatic heterocycles. The zero-order chi connectivity index (χ0) is 13.8. The van der Waals surface area contributed by atoms with Gasteiger partial charge in [-0.3, -0.25) is 4.79 Å². The van der Waals surface area contributed by atoms with Crippen LogP contribution in [0, 0.1) is 0 Å². The van der Waals surface area contributed by atoms with Gasteiger partial charge in [-0.05, 0) is 24.6 Å². The van der Waals surface area contributed by atoms with Crippen molar-refractivity contribution in [2.45, 2.75) is 13.0 Å². The Balaban J connectivity index is 2.16. The number of amides is 1. The zero-order valence-corrected chi connectivity index (χ0v) is 10.5. The number of phenolic OH excluding ortho intramolecular Hbond substituents is 2. The van der Waals surface area contributed by atoms with Crippen LogP contribution < -0.4 is 5.32 Å². The number of carbonyl (C=O) groups is 1. The first kappa shape index (κ1) is 13.0. The highest BCUT2D eigenvalue weighted by Gasteiger charge is 2.16. The second-order valence-electron chi connectivity index (χ2n) is 4.28. The molecule has 0 fully saturated rings. The van der Waals surface area contributed by atoms with Crippen LogP contribution in [0.3, 0.4) is 0 Å². The number of rotatable bonds is 3. The van der Waals surface area contributed by atoms with E-state index in [9.17, 15) is 15.0 Å². The molecule has 2 aromatic rings. The maximum absolute atomic E-state index is 12.0. The first-order valence-corrected chi connectivity index (χ1v) is 5.96. The molecule has 4 heteroatoms. The van der Waals surface area contributed by atoms with E-state index in [1.807, 2.05) is 37.3 Å². The highest BCUT2D eigenvalue weighted by Crippen LogP contribution is 2.28. The van der Waals surface area contributed by atoms with E-state index in [2.05, 4.69) is 5.32 Å². The minimum atomic E-state index is -0.426. The summed E-state index contributed by atoms with van der Waals surface area (Å²) in [7, 11) is 0. The van der Waals surface area contributed by atoms with Crippen LogP contribution in [0.5, 0.6) is 11.5 Å². The quantitative estimate of drug-likeness (QED) is 0.740. The second-order valence-corrected chi connectivity index (χ2v) is 4.28. The summed E-state index contributed by atoms with van der Waals surface area (Å²) >= 11 is 0. The number of carbonyl (C=O) groups excluding carboxylic acids is 1. The molecular weight excluding hydrogens is 242 g/mol. The molecule has 1 atom stereocenters. The summed E-state index contributed by atoms with van der Waals surface area (Å²) in [5.41, 5.74) is 1.03. The fourth-order valence-corrected chi connectivity index (χ4v) is 1.81. The predicted molar refractivity (Wildman–Crippen MR) is 72.1 cm³/mol. The van der Waals surface area contributed by atoms with Gasteiger partial charge in [0, 0.05) is 0 Å². The Bertz CT molecular complexity index is 581. The van der Waals surface area contributed by atoms with E-state index < -0.39 is 11.7 Å². The largest absolute Gasteiger partial charge is 0.504 e. The molecule has 2 rings (SSSR count). The monoisotopic (exact) mass is 257 g/mol. The second kappa shape index (κ2) is 5.44. The van der Waals surface area contributed by atoms with E-state index in [-0.39, 0.29) is 17.4 Å². The Morgan fingerprint density at radius 3 is 2.42 bits per heavy atom. The van der Waals surface area contributed by atoms with E-state index in [0.717, 1.165) is 5.56 Å². The highest BCUT2D eigenvalue weighted by atomic mass is 16.3. The maximum atomic E-state index is 12.0. The Labute approximate surface area is 111 Å². The van der Waals surface area contributed by atoms with Gasteiger partial charge in [-0.1, -0.05) is 36.4 Å². The topological polar surface area (TPSA) is 69.6 Å². The molecule has 0 radical (unpaired) electrons. The van der Waals surface area contributed by atoms with Crippen LogP contribution in [-0.2, 0) is 0 Å². The van der Waals surface area contributed by atoms with Crippen LogP contribution in [0.1, 0.15) is 28.9 Å². The Morgan fingerprint density at radius 2 is 1.74 bits per heavy atom. The molecule has 0 aliphatic rings. The fourth-order valence-electron chi connectivity index (χ4n) is 1.81. The van der Waals surface area contributed by atoms with E-state index in [0.29, 0.717) is 0 Å². The molecule has 1 amide bonds. The van der Waals surface area contributed by atoms with Crippen LogP contribution in [0.25, 0.3) is 0 Å². The average Bonchev–Trinajstić information content (AvgIpc) is 2.42. The third-order valence-corrected chi connectivity index (χ3v) is 2.91. The van der Waals surface area contributed by atoms with Gasteiger partial charge in [0.15, 0.2) is 11.5 Å². The van der Waals surface area contributed by atoms with Crippen molar-refractivity contribution in [2.75, 3.05) is 0 Å². The van der Waals surface area contributed by atoms with Crippen molar-refractivity contribution in [1.82, 2.24) is 5.32 Å². The first-order valence-electron chi connectivity index (χ1n) is 5.96. The van der Waals surface area contributed by atoms with Gasteiger partial charge in [0.2, 0.25) is 0 Å². The molecule has 0 bridgehead atoms. The molecule has 0 aromatic heterocycles. The average molecular weight is 257 g/mol. The Morgan fingerprint density at radius 1 is 1.05 bits per heavy atom. The molecular formula is C15H15NO3. The number of nitrogens with one attached hydrogen (secondary N) is 1. The van der Waals surface area contributed by atoms with Gasteiger partial charge in [-0.15, -0.1) is 0 Å². The SMILES string of the molecule is CC(NC(=O)c1cccc(O)c1O)c1ccccc1. The van der Waals surface area contributed by atoms with Gasteiger partial charge in [0.1, 0.15) is 0 Å². The zero-order valence-electron chi connectivity index (χ0n) is 10.5. The fraction of sp³-hybridized carbons (Fsp3) is 0.133. The molecule has 98 valence electrons. The predicted octanol–water partition coefficient (Wildman–Crippen LogP) is 2.59. The molecule has 0 aliphatic carbocycles. The molecule has 0 spiro atoms. The van der Waals surface area contributed by atoms with Gasteiger partial charge in [-0.2, -0.15) is 0 Å². The van der Waals surface area contributed by atoms with Crippen molar-refractivity contribution in [3.63, 3.8) is 0 Å². The third-order valence-electron chi connectivity index (χ3n) is 2.91. The van der Waals surface area contributed by atoms with Crippen LogP contribution in [-0.4, -0.2) is 16.1 Å². The normalized spacial score (nSPS) is 11.8. The standard InChI is InChI=1S/C15H15NO3/c1-10(11-6-3-2-4-7-11)16-15(19)12-8-5-9-13(17)14(12)18/h2-10,17-18H,1H3,(H,16,19). The molecule has 0 heterocycles. The number of phenols is 2. The summed E-state index contributed by atoms with van der Waals surface area (Å²) in [6, 6.07) is 13.6. The molecule has 19 heavy (non-hydrogen) atoms. The third kappa shape index (κ3) is 2.85. The van der Waals surface area contributed by atoms with Crippen LogP contribution >= 0.6 is 0 Å².